The third kappa shape index (κ3) is 3.87. The molecular weight excluding hydrogens is 322 g/mol. The van der Waals surface area contributed by atoms with E-state index >= 15 is 0 Å². The van der Waals surface area contributed by atoms with E-state index < -0.39 is 0 Å². The molecular formula is C18H21N3O2S. The first-order chi connectivity index (χ1) is 11.7. The van der Waals surface area contributed by atoms with E-state index in [1.54, 1.807) is 0 Å². The van der Waals surface area contributed by atoms with E-state index in [0.29, 0.717) is 23.8 Å². The molecule has 0 unspecified atom stereocenters. The Morgan fingerprint density at radius 2 is 2.12 bits per heavy atom. The molecule has 126 valence electrons. The van der Waals surface area contributed by atoms with Crippen LogP contribution >= 0.6 is 11.8 Å². The van der Waals surface area contributed by atoms with E-state index in [1.165, 1.54) is 17.3 Å². The van der Waals surface area contributed by atoms with Crippen molar-refractivity contribution in [3.63, 3.8) is 0 Å². The molecule has 1 N–H and O–H groups in total. The number of benzene rings is 1. The van der Waals surface area contributed by atoms with E-state index in [0.717, 1.165) is 35.8 Å². The van der Waals surface area contributed by atoms with Crippen molar-refractivity contribution in [1.29, 1.82) is 0 Å². The zero-order valence-electron chi connectivity index (χ0n) is 14.0. The molecule has 0 fully saturated rings. The molecule has 1 heterocycles. The SMILES string of the molecule is CCOc1ccccc1NC(=O)CSc1nc(C)nc2c1CCC2. The highest BCUT2D eigenvalue weighted by molar-refractivity contribution is 8.00. The number of aryl methyl sites for hydroxylation is 2. The molecule has 0 aliphatic heterocycles. The minimum atomic E-state index is -0.0600. The van der Waals surface area contributed by atoms with Gasteiger partial charge in [-0.1, -0.05) is 23.9 Å². The quantitative estimate of drug-likeness (QED) is 0.643. The molecule has 0 saturated heterocycles. The van der Waals surface area contributed by atoms with Gasteiger partial charge in [0, 0.05) is 11.3 Å². The fourth-order valence-corrected chi connectivity index (χ4v) is 3.74. The lowest BCUT2D eigenvalue weighted by molar-refractivity contribution is -0.113. The van der Waals surface area contributed by atoms with Crippen molar-refractivity contribution in [2.75, 3.05) is 17.7 Å². The summed E-state index contributed by atoms with van der Waals surface area (Å²) in [4.78, 5) is 21.3. The number of amides is 1. The molecule has 0 saturated carbocycles. The van der Waals surface area contributed by atoms with Gasteiger partial charge in [0.25, 0.3) is 0 Å². The summed E-state index contributed by atoms with van der Waals surface area (Å²) in [6, 6.07) is 7.47. The molecule has 1 aliphatic rings. The molecule has 0 radical (unpaired) electrons. The summed E-state index contributed by atoms with van der Waals surface area (Å²) in [5.74, 6) is 1.73. The fourth-order valence-electron chi connectivity index (χ4n) is 2.81. The van der Waals surface area contributed by atoms with Gasteiger partial charge in [-0.3, -0.25) is 4.79 Å². The Kier molecular flexibility index (Phi) is 5.35. The van der Waals surface area contributed by atoms with Crippen LogP contribution in [0.2, 0.25) is 0 Å². The predicted octanol–water partition coefficient (Wildman–Crippen LogP) is 3.40. The van der Waals surface area contributed by atoms with Crippen molar-refractivity contribution in [3.05, 3.63) is 41.3 Å². The number of nitrogens with one attached hydrogen (secondary N) is 1. The maximum absolute atomic E-state index is 12.3. The van der Waals surface area contributed by atoms with Gasteiger partial charge in [0.15, 0.2) is 0 Å². The molecule has 0 atom stereocenters. The molecule has 3 rings (SSSR count). The predicted molar refractivity (Wildman–Crippen MR) is 95.8 cm³/mol. The Morgan fingerprint density at radius 1 is 1.29 bits per heavy atom. The molecule has 1 aromatic carbocycles. The van der Waals surface area contributed by atoms with Gasteiger partial charge in [-0.2, -0.15) is 0 Å². The summed E-state index contributed by atoms with van der Waals surface area (Å²) in [5.41, 5.74) is 3.06. The van der Waals surface area contributed by atoms with Gasteiger partial charge < -0.3 is 10.1 Å². The van der Waals surface area contributed by atoms with Crippen molar-refractivity contribution in [3.8, 4) is 5.75 Å². The topological polar surface area (TPSA) is 64.1 Å². The number of para-hydroxylation sites is 2. The Hall–Kier alpha value is -2.08. The standard InChI is InChI=1S/C18H21N3O2S/c1-3-23-16-10-5-4-8-15(16)21-17(22)11-24-18-13-7-6-9-14(13)19-12(2)20-18/h4-5,8,10H,3,6-7,9,11H2,1-2H3,(H,21,22). The van der Waals surface area contributed by atoms with Crippen LogP contribution in [0.25, 0.3) is 0 Å². The second-order valence-corrected chi connectivity index (χ2v) is 6.58. The van der Waals surface area contributed by atoms with E-state index in [9.17, 15) is 4.79 Å². The minimum Gasteiger partial charge on any atom is -0.492 e. The van der Waals surface area contributed by atoms with Gasteiger partial charge in [-0.05, 0) is 45.2 Å². The lowest BCUT2D eigenvalue weighted by Gasteiger charge is -2.11. The van der Waals surface area contributed by atoms with Crippen LogP contribution in [0.3, 0.4) is 0 Å². The Labute approximate surface area is 146 Å². The summed E-state index contributed by atoms with van der Waals surface area (Å²) in [6.07, 6.45) is 3.14. The van der Waals surface area contributed by atoms with E-state index in [4.69, 9.17) is 4.74 Å². The average Bonchev–Trinajstić information content (AvgIpc) is 3.03. The number of carbonyl (C=O) groups excluding carboxylic acids is 1. The zero-order valence-corrected chi connectivity index (χ0v) is 14.8. The van der Waals surface area contributed by atoms with Crippen LogP contribution in [0.15, 0.2) is 29.3 Å². The third-order valence-electron chi connectivity index (χ3n) is 3.81. The van der Waals surface area contributed by atoms with Gasteiger partial charge in [0.1, 0.15) is 16.6 Å². The Morgan fingerprint density at radius 3 is 2.96 bits per heavy atom. The monoisotopic (exact) mass is 343 g/mol. The molecule has 5 nitrogen and oxygen atoms in total. The molecule has 1 amide bonds. The third-order valence-corrected chi connectivity index (χ3v) is 4.83. The normalized spacial score (nSPS) is 12.8. The summed E-state index contributed by atoms with van der Waals surface area (Å²) in [6.45, 7) is 4.39. The van der Waals surface area contributed by atoms with Gasteiger partial charge in [0.2, 0.25) is 5.91 Å². The molecule has 1 aromatic heterocycles. The van der Waals surface area contributed by atoms with E-state index in [1.807, 2.05) is 38.1 Å². The zero-order chi connectivity index (χ0) is 16.9. The molecule has 1 aliphatic carbocycles. The van der Waals surface area contributed by atoms with Crippen LogP contribution in [0.4, 0.5) is 5.69 Å². The maximum Gasteiger partial charge on any atom is 0.234 e. The van der Waals surface area contributed by atoms with Crippen molar-refractivity contribution in [2.45, 2.75) is 38.1 Å². The van der Waals surface area contributed by atoms with Gasteiger partial charge in [-0.25, -0.2) is 9.97 Å². The fraction of sp³-hybridized carbons (Fsp3) is 0.389. The summed E-state index contributed by atoms with van der Waals surface area (Å²) in [7, 11) is 0. The number of carbonyl (C=O) groups is 1. The lowest BCUT2D eigenvalue weighted by Crippen LogP contribution is -2.15. The number of ether oxygens (including phenoxy) is 1. The van der Waals surface area contributed by atoms with Gasteiger partial charge >= 0.3 is 0 Å². The first kappa shape index (κ1) is 16.8. The first-order valence-corrected chi connectivity index (χ1v) is 9.16. The number of thioether (sulfide) groups is 1. The van der Waals surface area contributed by atoms with Crippen LogP contribution < -0.4 is 10.1 Å². The lowest BCUT2D eigenvalue weighted by atomic mass is 10.3. The number of hydrogen-bond donors (Lipinski definition) is 1. The van der Waals surface area contributed by atoms with Crippen LogP contribution in [0.5, 0.6) is 5.75 Å². The molecule has 0 bridgehead atoms. The highest BCUT2D eigenvalue weighted by Gasteiger charge is 2.19. The van der Waals surface area contributed by atoms with Crippen molar-refractivity contribution in [1.82, 2.24) is 9.97 Å². The largest absolute Gasteiger partial charge is 0.492 e. The second kappa shape index (κ2) is 7.66. The van der Waals surface area contributed by atoms with Crippen LogP contribution in [0.1, 0.15) is 30.4 Å². The van der Waals surface area contributed by atoms with E-state index in [-0.39, 0.29) is 5.91 Å². The van der Waals surface area contributed by atoms with Crippen LogP contribution in [-0.2, 0) is 17.6 Å². The number of nitrogens with zero attached hydrogens (tertiary/aromatic N) is 2. The number of aromatic nitrogens is 2. The summed E-state index contributed by atoms with van der Waals surface area (Å²) >= 11 is 1.48. The highest BCUT2D eigenvalue weighted by atomic mass is 32.2. The number of fused-ring (bicyclic) bond motifs is 1. The average molecular weight is 343 g/mol. The van der Waals surface area contributed by atoms with E-state index in [2.05, 4.69) is 15.3 Å². The number of anilines is 1. The Bertz CT molecular complexity index is 749. The maximum atomic E-state index is 12.3. The van der Waals surface area contributed by atoms with Crippen molar-refractivity contribution >= 4 is 23.4 Å². The Balaban J connectivity index is 1.65. The second-order valence-electron chi connectivity index (χ2n) is 5.62. The van der Waals surface area contributed by atoms with Crippen LogP contribution in [-0.4, -0.2) is 28.2 Å². The molecule has 0 spiro atoms. The number of rotatable bonds is 6. The highest BCUT2D eigenvalue weighted by Crippen LogP contribution is 2.30. The van der Waals surface area contributed by atoms with Crippen molar-refractivity contribution < 1.29 is 9.53 Å². The van der Waals surface area contributed by atoms with Gasteiger partial charge in [-0.15, -0.1) is 0 Å². The van der Waals surface area contributed by atoms with Crippen LogP contribution in [0, 0.1) is 6.92 Å². The van der Waals surface area contributed by atoms with Crippen molar-refractivity contribution in [2.24, 2.45) is 0 Å². The summed E-state index contributed by atoms with van der Waals surface area (Å²) < 4.78 is 5.53. The molecule has 24 heavy (non-hydrogen) atoms. The van der Waals surface area contributed by atoms with Gasteiger partial charge in [0.05, 0.1) is 18.0 Å². The number of hydrogen-bond acceptors (Lipinski definition) is 5. The summed E-state index contributed by atoms with van der Waals surface area (Å²) in [5, 5.41) is 3.87. The minimum absolute atomic E-state index is 0.0600. The molecule has 6 heteroatoms. The smallest absolute Gasteiger partial charge is 0.234 e. The molecule has 2 aromatic rings. The first-order valence-electron chi connectivity index (χ1n) is 8.18.